The van der Waals surface area contributed by atoms with Crippen molar-refractivity contribution in [3.63, 3.8) is 0 Å². The molecule has 0 unspecified atom stereocenters. The van der Waals surface area contributed by atoms with Gasteiger partial charge < -0.3 is 10.1 Å². The summed E-state index contributed by atoms with van der Waals surface area (Å²) in [6, 6.07) is 19.6. The number of aliphatic hydroxyl groups excluding tert-OH is 1. The second kappa shape index (κ2) is 6.11. The van der Waals surface area contributed by atoms with Crippen LogP contribution in [0.4, 0.5) is 0 Å². The van der Waals surface area contributed by atoms with E-state index in [-0.39, 0.29) is 6.61 Å². The predicted molar refractivity (Wildman–Crippen MR) is 97.9 cm³/mol. The first-order valence-corrected chi connectivity index (χ1v) is 8.06. The van der Waals surface area contributed by atoms with Crippen molar-refractivity contribution in [2.75, 3.05) is 0 Å². The number of hydrogen-bond acceptors (Lipinski definition) is 2. The molecule has 118 valence electrons. The number of aliphatic hydroxyl groups is 1. The Hall–Kier alpha value is -2.62. The van der Waals surface area contributed by atoms with Gasteiger partial charge in [-0.1, -0.05) is 48.0 Å². The molecule has 0 saturated heterocycles. The highest BCUT2D eigenvalue weighted by molar-refractivity contribution is 6.30. The van der Waals surface area contributed by atoms with E-state index in [9.17, 15) is 5.11 Å². The molecule has 2 heterocycles. The summed E-state index contributed by atoms with van der Waals surface area (Å²) in [5, 5.41) is 11.3. The predicted octanol–water partition coefficient (Wildman–Crippen LogP) is 5.04. The quantitative estimate of drug-likeness (QED) is 0.551. The molecule has 0 amide bonds. The third-order valence-electron chi connectivity index (χ3n) is 4.12. The van der Waals surface area contributed by atoms with Crippen LogP contribution < -0.4 is 0 Å². The first-order chi connectivity index (χ1) is 11.7. The molecular formula is C20H15ClN2O. The number of nitrogens with zero attached hydrogens (tertiary/aromatic N) is 1. The molecule has 2 N–H and O–H groups in total. The summed E-state index contributed by atoms with van der Waals surface area (Å²) in [7, 11) is 0. The van der Waals surface area contributed by atoms with E-state index >= 15 is 0 Å². The number of nitrogens with one attached hydrogen (secondary N) is 1. The smallest absolute Gasteiger partial charge is 0.0713 e. The average molecular weight is 335 g/mol. The van der Waals surface area contributed by atoms with Crippen molar-refractivity contribution in [1.82, 2.24) is 9.97 Å². The van der Waals surface area contributed by atoms with Crippen molar-refractivity contribution < 1.29 is 5.11 Å². The molecule has 4 aromatic rings. The van der Waals surface area contributed by atoms with Crippen molar-refractivity contribution in [3.05, 3.63) is 77.4 Å². The van der Waals surface area contributed by atoms with Crippen LogP contribution in [-0.4, -0.2) is 15.1 Å². The lowest BCUT2D eigenvalue weighted by Gasteiger charge is -2.06. The molecule has 4 rings (SSSR count). The fourth-order valence-electron chi connectivity index (χ4n) is 2.87. The fourth-order valence-corrected chi connectivity index (χ4v) is 3.00. The summed E-state index contributed by atoms with van der Waals surface area (Å²) in [5.74, 6) is 0. The van der Waals surface area contributed by atoms with Gasteiger partial charge in [0, 0.05) is 21.7 Å². The Kier molecular flexibility index (Phi) is 3.81. The Balaban J connectivity index is 1.80. The van der Waals surface area contributed by atoms with Gasteiger partial charge in [0.25, 0.3) is 0 Å². The van der Waals surface area contributed by atoms with Crippen molar-refractivity contribution in [1.29, 1.82) is 0 Å². The number of halogens is 1. The summed E-state index contributed by atoms with van der Waals surface area (Å²) < 4.78 is 0. The summed E-state index contributed by atoms with van der Waals surface area (Å²) in [6.45, 7) is -0.000940. The van der Waals surface area contributed by atoms with Gasteiger partial charge in [-0.3, -0.25) is 4.98 Å². The maximum Gasteiger partial charge on any atom is 0.0713 e. The van der Waals surface area contributed by atoms with E-state index in [0.29, 0.717) is 0 Å². The molecule has 0 bridgehead atoms. The van der Waals surface area contributed by atoms with Crippen LogP contribution in [-0.2, 0) is 6.61 Å². The molecule has 0 aliphatic carbocycles. The Bertz CT molecular complexity index is 1010. The standard InChI is InChI=1S/C20H15ClN2O/c21-16-7-5-13(6-8-16)18-9-15-10-19(22-11-20(15)23-18)17-4-2-1-3-14(17)12-24/h1-11,23-24H,12H2. The number of hydrogen-bond donors (Lipinski definition) is 2. The third-order valence-corrected chi connectivity index (χ3v) is 4.38. The van der Waals surface area contributed by atoms with Crippen molar-refractivity contribution in [3.8, 4) is 22.5 Å². The number of H-pyrrole nitrogens is 1. The largest absolute Gasteiger partial charge is 0.392 e. The maximum absolute atomic E-state index is 9.52. The van der Waals surface area contributed by atoms with E-state index in [2.05, 4.69) is 16.0 Å². The first kappa shape index (κ1) is 14.9. The zero-order chi connectivity index (χ0) is 16.5. The molecule has 2 aromatic carbocycles. The molecule has 0 spiro atoms. The second-order valence-electron chi connectivity index (χ2n) is 5.66. The second-order valence-corrected chi connectivity index (χ2v) is 6.10. The van der Waals surface area contributed by atoms with Gasteiger partial charge in [-0.25, -0.2) is 0 Å². The minimum atomic E-state index is -0.000940. The van der Waals surface area contributed by atoms with Crippen LogP contribution in [0.2, 0.25) is 5.02 Å². The highest BCUT2D eigenvalue weighted by Gasteiger charge is 2.09. The van der Waals surface area contributed by atoms with E-state index in [1.165, 1.54) is 0 Å². The number of aromatic nitrogens is 2. The lowest BCUT2D eigenvalue weighted by molar-refractivity contribution is 0.282. The SMILES string of the molecule is OCc1ccccc1-c1cc2cc(-c3ccc(Cl)cc3)[nH]c2cn1. The van der Waals surface area contributed by atoms with Gasteiger partial charge in [-0.05, 0) is 35.4 Å². The van der Waals surface area contributed by atoms with Crippen molar-refractivity contribution in [2.24, 2.45) is 0 Å². The molecule has 0 aliphatic heterocycles. The number of benzene rings is 2. The number of aromatic amines is 1. The Morgan fingerprint density at radius 2 is 1.79 bits per heavy atom. The highest BCUT2D eigenvalue weighted by atomic mass is 35.5. The zero-order valence-electron chi connectivity index (χ0n) is 12.8. The van der Waals surface area contributed by atoms with E-state index in [1.807, 2.05) is 60.8 Å². The van der Waals surface area contributed by atoms with E-state index in [0.717, 1.165) is 44.0 Å². The van der Waals surface area contributed by atoms with Gasteiger partial charge in [0.15, 0.2) is 0 Å². The Morgan fingerprint density at radius 3 is 2.58 bits per heavy atom. The van der Waals surface area contributed by atoms with E-state index in [1.54, 1.807) is 0 Å². The first-order valence-electron chi connectivity index (χ1n) is 7.68. The minimum Gasteiger partial charge on any atom is -0.392 e. The average Bonchev–Trinajstić information content (AvgIpc) is 3.05. The lowest BCUT2D eigenvalue weighted by atomic mass is 10.0. The molecule has 4 heteroatoms. The van der Waals surface area contributed by atoms with Gasteiger partial charge in [0.05, 0.1) is 24.0 Å². The van der Waals surface area contributed by atoms with Gasteiger partial charge in [0.1, 0.15) is 0 Å². The van der Waals surface area contributed by atoms with Gasteiger partial charge >= 0.3 is 0 Å². The molecule has 0 aliphatic rings. The Labute approximate surface area is 144 Å². The van der Waals surface area contributed by atoms with E-state index < -0.39 is 0 Å². The summed E-state index contributed by atoms with van der Waals surface area (Å²) in [5.41, 5.74) is 5.76. The van der Waals surface area contributed by atoms with Crippen LogP contribution in [0.25, 0.3) is 33.4 Å². The number of pyridine rings is 1. The van der Waals surface area contributed by atoms with Gasteiger partial charge in [0.2, 0.25) is 0 Å². The monoisotopic (exact) mass is 334 g/mol. The molecule has 0 radical (unpaired) electrons. The van der Waals surface area contributed by atoms with Crippen LogP contribution in [0.5, 0.6) is 0 Å². The van der Waals surface area contributed by atoms with Crippen molar-refractivity contribution >= 4 is 22.5 Å². The van der Waals surface area contributed by atoms with E-state index in [4.69, 9.17) is 11.6 Å². The molecule has 2 aromatic heterocycles. The molecule has 24 heavy (non-hydrogen) atoms. The summed E-state index contributed by atoms with van der Waals surface area (Å²) in [4.78, 5) is 7.93. The topological polar surface area (TPSA) is 48.9 Å². The normalized spacial score (nSPS) is 11.1. The summed E-state index contributed by atoms with van der Waals surface area (Å²) >= 11 is 5.95. The van der Waals surface area contributed by atoms with Gasteiger partial charge in [-0.15, -0.1) is 0 Å². The zero-order valence-corrected chi connectivity index (χ0v) is 13.6. The molecular weight excluding hydrogens is 320 g/mol. The maximum atomic E-state index is 9.52. The minimum absolute atomic E-state index is 0.000940. The van der Waals surface area contributed by atoms with Crippen LogP contribution in [0, 0.1) is 0 Å². The molecule has 3 nitrogen and oxygen atoms in total. The van der Waals surface area contributed by atoms with Crippen LogP contribution >= 0.6 is 11.6 Å². The van der Waals surface area contributed by atoms with Crippen LogP contribution in [0.3, 0.4) is 0 Å². The molecule has 0 fully saturated rings. The van der Waals surface area contributed by atoms with Crippen LogP contribution in [0.15, 0.2) is 66.9 Å². The van der Waals surface area contributed by atoms with Crippen molar-refractivity contribution in [2.45, 2.75) is 6.61 Å². The fraction of sp³-hybridized carbons (Fsp3) is 0.0500. The molecule has 0 atom stereocenters. The third kappa shape index (κ3) is 2.68. The lowest BCUT2D eigenvalue weighted by Crippen LogP contribution is -1.90. The number of fused-ring (bicyclic) bond motifs is 1. The van der Waals surface area contributed by atoms with Crippen LogP contribution in [0.1, 0.15) is 5.56 Å². The highest BCUT2D eigenvalue weighted by Crippen LogP contribution is 2.29. The Morgan fingerprint density at radius 1 is 1.00 bits per heavy atom. The number of rotatable bonds is 3. The molecule has 0 saturated carbocycles. The summed E-state index contributed by atoms with van der Waals surface area (Å²) in [6.07, 6.45) is 1.83. The van der Waals surface area contributed by atoms with Gasteiger partial charge in [-0.2, -0.15) is 0 Å².